The maximum absolute atomic E-state index is 5.72. The molecular formula is C8H16BBrO2. The van der Waals surface area contributed by atoms with Crippen LogP contribution in [-0.4, -0.2) is 25.1 Å². The van der Waals surface area contributed by atoms with Crippen molar-refractivity contribution in [3.63, 3.8) is 0 Å². The normalized spacial score (nSPS) is 16.2. The Bertz CT molecular complexity index is 142. The van der Waals surface area contributed by atoms with Gasteiger partial charge in [-0.1, -0.05) is 0 Å². The van der Waals surface area contributed by atoms with Crippen molar-refractivity contribution in [2.75, 3.05) is 0 Å². The Balaban J connectivity index is 4.22. The fraction of sp³-hybridized carbons (Fsp3) is 1.00. The molecule has 12 heavy (non-hydrogen) atoms. The lowest BCUT2D eigenvalue weighted by atomic mass is 9.84. The van der Waals surface area contributed by atoms with Gasteiger partial charge in [0.15, 0.2) is 0 Å². The summed E-state index contributed by atoms with van der Waals surface area (Å²) >= 11 is 2.94. The highest BCUT2D eigenvalue weighted by molar-refractivity contribution is 9.06. The van der Waals surface area contributed by atoms with E-state index in [4.69, 9.17) is 16.4 Å². The fourth-order valence-corrected chi connectivity index (χ4v) is 1.32. The van der Waals surface area contributed by atoms with Crippen LogP contribution >= 0.6 is 16.3 Å². The molecule has 0 aliphatic heterocycles. The maximum Gasteiger partial charge on any atom is 0.112 e. The first-order valence-electron chi connectivity index (χ1n) is 3.95. The molecule has 0 saturated carbocycles. The van der Waals surface area contributed by atoms with Crippen molar-refractivity contribution in [2.45, 2.75) is 51.8 Å². The average molecular weight is 235 g/mol. The van der Waals surface area contributed by atoms with Crippen LogP contribution < -0.4 is 0 Å². The van der Waals surface area contributed by atoms with Gasteiger partial charge in [0, 0.05) is 5.50 Å². The average Bonchev–Trinajstić information content (AvgIpc) is 1.80. The molecule has 1 atom stereocenters. The number of ether oxygens (including phenoxy) is 1. The lowest BCUT2D eigenvalue weighted by Gasteiger charge is -2.37. The number of rotatable bonds is 4. The smallest absolute Gasteiger partial charge is 0.112 e. The van der Waals surface area contributed by atoms with Crippen molar-refractivity contribution >= 4 is 24.1 Å². The molecule has 70 valence electrons. The highest BCUT2D eigenvalue weighted by Gasteiger charge is 2.31. The zero-order chi connectivity index (χ0) is 9.99. The van der Waals surface area contributed by atoms with Gasteiger partial charge in [-0.2, -0.15) is 0 Å². The zero-order valence-electron chi connectivity index (χ0n) is 8.35. The van der Waals surface area contributed by atoms with E-state index >= 15 is 0 Å². The summed E-state index contributed by atoms with van der Waals surface area (Å²) in [6.45, 7) is 9.42. The molecule has 1 unspecified atom stereocenters. The molecule has 0 aromatic rings. The van der Waals surface area contributed by atoms with E-state index < -0.39 is 11.1 Å². The molecule has 2 nitrogen and oxygen atoms in total. The highest BCUT2D eigenvalue weighted by atomic mass is 79.9. The van der Waals surface area contributed by atoms with Crippen LogP contribution in [0.3, 0.4) is 0 Å². The van der Waals surface area contributed by atoms with Gasteiger partial charge in [0.25, 0.3) is 0 Å². The minimum Gasteiger partial charge on any atom is -0.377 e. The molecule has 0 rings (SSSR count). The lowest BCUT2D eigenvalue weighted by Crippen LogP contribution is -2.44. The third kappa shape index (κ3) is 4.48. The molecule has 0 aromatic heterocycles. The van der Waals surface area contributed by atoms with Crippen LogP contribution in [0.2, 0.25) is 0 Å². The van der Waals surface area contributed by atoms with Crippen molar-refractivity contribution < 1.29 is 8.57 Å². The second-order valence-electron chi connectivity index (χ2n) is 4.04. The van der Waals surface area contributed by atoms with Gasteiger partial charge in [-0.15, -0.1) is 0 Å². The second-order valence-corrected chi connectivity index (χ2v) is 4.41. The first kappa shape index (κ1) is 12.5. The predicted octanol–water partition coefficient (Wildman–Crippen LogP) is 2.40. The summed E-state index contributed by atoms with van der Waals surface area (Å²) in [5, 5.41) is 0. The van der Waals surface area contributed by atoms with Gasteiger partial charge < -0.3 is 8.57 Å². The van der Waals surface area contributed by atoms with E-state index in [1.807, 2.05) is 34.6 Å². The largest absolute Gasteiger partial charge is 0.377 e. The number of hydrogen-bond acceptors (Lipinski definition) is 2. The van der Waals surface area contributed by atoms with E-state index in [1.165, 1.54) is 0 Å². The van der Waals surface area contributed by atoms with Crippen LogP contribution in [0.4, 0.5) is 0 Å². The van der Waals surface area contributed by atoms with E-state index in [9.17, 15) is 0 Å². The summed E-state index contributed by atoms with van der Waals surface area (Å²) in [5.74, 6) is 0. The van der Waals surface area contributed by atoms with Gasteiger partial charge in [-0.25, -0.2) is 0 Å². The first-order valence-corrected chi connectivity index (χ1v) is 4.60. The van der Waals surface area contributed by atoms with Crippen LogP contribution in [0.25, 0.3) is 0 Å². The summed E-state index contributed by atoms with van der Waals surface area (Å²) in [4.78, 5) is 0. The molecular weight excluding hydrogens is 219 g/mol. The van der Waals surface area contributed by atoms with Gasteiger partial charge in [-0.3, -0.25) is 0 Å². The van der Waals surface area contributed by atoms with Crippen molar-refractivity contribution in [3.05, 3.63) is 0 Å². The van der Waals surface area contributed by atoms with Crippen molar-refractivity contribution in [3.8, 4) is 0 Å². The van der Waals surface area contributed by atoms with E-state index in [1.54, 1.807) is 0 Å². The minimum atomic E-state index is -0.636. The third-order valence-corrected chi connectivity index (χ3v) is 2.20. The molecule has 0 heterocycles. The molecule has 2 radical (unpaired) electrons. The standard InChI is InChI=1S/C8H16BBrO2/c1-6(11-10)7(2,3)12-8(4,5)9/h6H,1-5H3. The van der Waals surface area contributed by atoms with Crippen LogP contribution in [0.15, 0.2) is 0 Å². The second kappa shape index (κ2) is 4.12. The fourth-order valence-electron chi connectivity index (χ4n) is 0.868. The summed E-state index contributed by atoms with van der Waals surface area (Å²) in [6, 6.07) is 0. The predicted molar refractivity (Wildman–Crippen MR) is 54.5 cm³/mol. The van der Waals surface area contributed by atoms with Gasteiger partial charge in [0.2, 0.25) is 0 Å². The summed E-state index contributed by atoms with van der Waals surface area (Å²) in [7, 11) is 5.72. The summed E-state index contributed by atoms with van der Waals surface area (Å²) < 4.78 is 10.6. The van der Waals surface area contributed by atoms with E-state index in [0.717, 1.165) is 0 Å². The van der Waals surface area contributed by atoms with Gasteiger partial charge >= 0.3 is 0 Å². The first-order chi connectivity index (χ1) is 5.19. The number of hydrogen-bond donors (Lipinski definition) is 0. The summed E-state index contributed by atoms with van der Waals surface area (Å²) in [5.41, 5.74) is -1.04. The maximum atomic E-state index is 5.72. The molecule has 0 saturated heterocycles. The molecule has 0 aliphatic rings. The van der Waals surface area contributed by atoms with Gasteiger partial charge in [0.05, 0.1) is 28.0 Å². The Morgan fingerprint density at radius 2 is 1.67 bits per heavy atom. The van der Waals surface area contributed by atoms with Crippen LogP contribution in [0.1, 0.15) is 34.6 Å². The van der Waals surface area contributed by atoms with E-state index in [-0.39, 0.29) is 6.10 Å². The molecule has 0 spiro atoms. The molecule has 0 amide bonds. The zero-order valence-corrected chi connectivity index (χ0v) is 9.94. The van der Waals surface area contributed by atoms with Crippen molar-refractivity contribution in [1.82, 2.24) is 0 Å². The van der Waals surface area contributed by atoms with E-state index in [2.05, 4.69) is 16.3 Å². The lowest BCUT2D eigenvalue weighted by molar-refractivity contribution is -0.122. The summed E-state index contributed by atoms with van der Waals surface area (Å²) in [6.07, 6.45) is -0.0553. The van der Waals surface area contributed by atoms with Crippen LogP contribution in [0.5, 0.6) is 0 Å². The van der Waals surface area contributed by atoms with Crippen LogP contribution in [-0.2, 0) is 8.57 Å². The third-order valence-electron chi connectivity index (χ3n) is 1.64. The Hall–Kier alpha value is 0.465. The quantitative estimate of drug-likeness (QED) is 0.696. The Morgan fingerprint density at radius 3 is 1.92 bits per heavy atom. The molecule has 0 aromatic carbocycles. The molecule has 0 fully saturated rings. The van der Waals surface area contributed by atoms with E-state index in [0.29, 0.717) is 0 Å². The Kier molecular flexibility index (Phi) is 4.28. The van der Waals surface area contributed by atoms with Gasteiger partial charge in [-0.05, 0) is 34.6 Å². The van der Waals surface area contributed by atoms with Crippen molar-refractivity contribution in [2.24, 2.45) is 0 Å². The molecule has 0 aliphatic carbocycles. The highest BCUT2D eigenvalue weighted by Crippen LogP contribution is 2.24. The number of halogens is 1. The topological polar surface area (TPSA) is 18.5 Å². The minimum absolute atomic E-state index is 0.0553. The molecule has 0 N–H and O–H groups in total. The molecule has 4 heteroatoms. The Labute approximate surface area is 84.9 Å². The SMILES string of the molecule is [B]C(C)(C)OC(C)(C)C(C)OBr. The Morgan fingerprint density at radius 1 is 1.25 bits per heavy atom. The monoisotopic (exact) mass is 234 g/mol. The van der Waals surface area contributed by atoms with Crippen molar-refractivity contribution in [1.29, 1.82) is 0 Å². The molecule has 0 bridgehead atoms. The van der Waals surface area contributed by atoms with Crippen LogP contribution in [0, 0.1) is 0 Å². The van der Waals surface area contributed by atoms with Gasteiger partial charge in [0.1, 0.15) is 7.85 Å².